The summed E-state index contributed by atoms with van der Waals surface area (Å²) >= 11 is 1.46. The highest BCUT2D eigenvalue weighted by Gasteiger charge is 2.11. The topological polar surface area (TPSA) is 55.1 Å². The fourth-order valence-corrected chi connectivity index (χ4v) is 2.26. The molecule has 0 atom stereocenters. The van der Waals surface area contributed by atoms with E-state index in [0.29, 0.717) is 11.3 Å². The van der Waals surface area contributed by atoms with Crippen LogP contribution in [0.5, 0.6) is 0 Å². The molecule has 0 fully saturated rings. The van der Waals surface area contributed by atoms with E-state index in [0.717, 1.165) is 5.56 Å². The van der Waals surface area contributed by atoms with E-state index in [2.05, 4.69) is 5.32 Å². The van der Waals surface area contributed by atoms with Crippen LogP contribution in [0.25, 0.3) is 0 Å². The molecule has 0 saturated carbocycles. The summed E-state index contributed by atoms with van der Waals surface area (Å²) in [4.78, 5) is 11.9. The Hall–Kier alpha value is -1.88. The third-order valence-electron chi connectivity index (χ3n) is 2.36. The van der Waals surface area contributed by atoms with Crippen molar-refractivity contribution in [2.45, 2.75) is 6.92 Å². The molecule has 5 heteroatoms. The second-order valence-electron chi connectivity index (χ2n) is 3.65. The van der Waals surface area contributed by atoms with Crippen LogP contribution in [0.15, 0.2) is 29.0 Å². The van der Waals surface area contributed by atoms with Gasteiger partial charge in [0, 0.05) is 5.38 Å². The van der Waals surface area contributed by atoms with Crippen molar-refractivity contribution in [2.75, 3.05) is 11.1 Å². The second-order valence-corrected chi connectivity index (χ2v) is 4.40. The summed E-state index contributed by atoms with van der Waals surface area (Å²) in [6, 6.07) is 3.88. The van der Waals surface area contributed by atoms with Crippen LogP contribution < -0.4 is 11.1 Å². The van der Waals surface area contributed by atoms with Crippen LogP contribution in [0.3, 0.4) is 0 Å². The molecule has 1 aromatic carbocycles. The van der Waals surface area contributed by atoms with E-state index in [-0.39, 0.29) is 11.6 Å². The molecule has 0 bridgehead atoms. The molecule has 17 heavy (non-hydrogen) atoms. The van der Waals surface area contributed by atoms with Crippen LogP contribution in [0.4, 0.5) is 15.8 Å². The van der Waals surface area contributed by atoms with E-state index >= 15 is 0 Å². The van der Waals surface area contributed by atoms with Gasteiger partial charge in [0.1, 0.15) is 5.82 Å². The Kier molecular flexibility index (Phi) is 3.10. The lowest BCUT2D eigenvalue weighted by Gasteiger charge is -2.07. The maximum Gasteiger partial charge on any atom is 0.256 e. The minimum atomic E-state index is -0.424. The second kappa shape index (κ2) is 4.55. The number of aryl methyl sites for hydroxylation is 1. The Morgan fingerprint density at radius 2 is 2.18 bits per heavy atom. The van der Waals surface area contributed by atoms with E-state index in [1.165, 1.54) is 29.5 Å². The number of nitrogens with two attached hydrogens (primary N) is 1. The number of nitrogen functional groups attached to an aromatic ring is 1. The third-order valence-corrected chi connectivity index (χ3v) is 3.22. The van der Waals surface area contributed by atoms with Gasteiger partial charge in [-0.05, 0) is 36.1 Å². The molecule has 3 N–H and O–H groups in total. The molecular weight excluding hydrogens is 239 g/mol. The van der Waals surface area contributed by atoms with Gasteiger partial charge in [-0.25, -0.2) is 4.39 Å². The standard InChI is InChI=1S/C12H11FN2OS/c1-7-5-17-6-9(7)12(16)15-11-3-2-8(13)4-10(11)14/h2-6H,14H2,1H3,(H,15,16). The molecule has 2 rings (SSSR count). The molecule has 0 radical (unpaired) electrons. The minimum Gasteiger partial charge on any atom is -0.397 e. The van der Waals surface area contributed by atoms with Crippen molar-refractivity contribution in [3.8, 4) is 0 Å². The smallest absolute Gasteiger partial charge is 0.256 e. The Labute approximate surface area is 102 Å². The van der Waals surface area contributed by atoms with Gasteiger partial charge in [-0.3, -0.25) is 4.79 Å². The van der Waals surface area contributed by atoms with Crippen LogP contribution in [0.1, 0.15) is 15.9 Å². The van der Waals surface area contributed by atoms with Gasteiger partial charge in [-0.2, -0.15) is 11.3 Å². The van der Waals surface area contributed by atoms with Crippen LogP contribution in [-0.4, -0.2) is 5.91 Å². The van der Waals surface area contributed by atoms with Crippen molar-refractivity contribution < 1.29 is 9.18 Å². The highest BCUT2D eigenvalue weighted by Crippen LogP contribution is 2.21. The molecule has 1 heterocycles. The number of thiophene rings is 1. The third kappa shape index (κ3) is 2.45. The number of anilines is 2. The lowest BCUT2D eigenvalue weighted by atomic mass is 10.2. The Morgan fingerprint density at radius 1 is 1.41 bits per heavy atom. The molecule has 1 aromatic heterocycles. The first kappa shape index (κ1) is 11.6. The van der Waals surface area contributed by atoms with E-state index < -0.39 is 5.82 Å². The monoisotopic (exact) mass is 250 g/mol. The summed E-state index contributed by atoms with van der Waals surface area (Å²) in [7, 11) is 0. The van der Waals surface area contributed by atoms with E-state index in [1.54, 1.807) is 5.38 Å². The minimum absolute atomic E-state index is 0.214. The summed E-state index contributed by atoms with van der Waals surface area (Å²) in [5.74, 6) is -0.658. The Morgan fingerprint density at radius 3 is 2.76 bits per heavy atom. The number of hydrogen-bond acceptors (Lipinski definition) is 3. The number of rotatable bonds is 2. The van der Waals surface area contributed by atoms with E-state index in [9.17, 15) is 9.18 Å². The van der Waals surface area contributed by atoms with Gasteiger partial charge in [0.25, 0.3) is 5.91 Å². The maximum atomic E-state index is 12.8. The number of carbonyl (C=O) groups is 1. The molecule has 2 aromatic rings. The highest BCUT2D eigenvalue weighted by atomic mass is 32.1. The van der Waals surface area contributed by atoms with Gasteiger partial charge in [0.05, 0.1) is 16.9 Å². The maximum absolute atomic E-state index is 12.8. The summed E-state index contributed by atoms with van der Waals surface area (Å²) in [5.41, 5.74) is 7.76. The average Bonchev–Trinajstić information content (AvgIpc) is 2.68. The number of carbonyl (C=O) groups excluding carboxylic acids is 1. The molecule has 0 spiro atoms. The summed E-state index contributed by atoms with van der Waals surface area (Å²) in [6.45, 7) is 1.86. The van der Waals surface area contributed by atoms with Crippen LogP contribution in [0, 0.1) is 12.7 Å². The van der Waals surface area contributed by atoms with Gasteiger partial charge < -0.3 is 11.1 Å². The number of hydrogen-bond donors (Lipinski definition) is 2. The first-order valence-corrected chi connectivity index (χ1v) is 5.91. The zero-order valence-corrected chi connectivity index (χ0v) is 9.98. The largest absolute Gasteiger partial charge is 0.397 e. The molecule has 3 nitrogen and oxygen atoms in total. The van der Waals surface area contributed by atoms with Crippen LogP contribution in [-0.2, 0) is 0 Å². The highest BCUT2D eigenvalue weighted by molar-refractivity contribution is 7.08. The van der Waals surface area contributed by atoms with Crippen molar-refractivity contribution in [1.29, 1.82) is 0 Å². The van der Waals surface area contributed by atoms with Gasteiger partial charge in [-0.1, -0.05) is 0 Å². The Balaban J connectivity index is 2.22. The van der Waals surface area contributed by atoms with Crippen LogP contribution >= 0.6 is 11.3 Å². The predicted octanol–water partition coefficient (Wildman–Crippen LogP) is 3.03. The first-order valence-electron chi connectivity index (χ1n) is 4.97. The number of nitrogens with one attached hydrogen (secondary N) is 1. The zero-order chi connectivity index (χ0) is 12.4. The number of amides is 1. The van der Waals surface area contributed by atoms with E-state index in [4.69, 9.17) is 5.73 Å². The van der Waals surface area contributed by atoms with Crippen molar-refractivity contribution >= 4 is 28.6 Å². The van der Waals surface area contributed by atoms with Gasteiger partial charge in [-0.15, -0.1) is 0 Å². The molecule has 0 aliphatic rings. The molecule has 0 saturated heterocycles. The quantitative estimate of drug-likeness (QED) is 0.805. The number of halogens is 1. The molecule has 0 unspecified atom stereocenters. The summed E-state index contributed by atoms with van der Waals surface area (Å²) < 4.78 is 12.8. The molecule has 0 aliphatic heterocycles. The fraction of sp³-hybridized carbons (Fsp3) is 0.0833. The molecule has 88 valence electrons. The van der Waals surface area contributed by atoms with Crippen LogP contribution in [0.2, 0.25) is 0 Å². The summed E-state index contributed by atoms with van der Waals surface area (Å²) in [5, 5.41) is 6.32. The van der Waals surface area contributed by atoms with Crippen molar-refractivity contribution in [2.24, 2.45) is 0 Å². The number of benzene rings is 1. The molecular formula is C12H11FN2OS. The normalized spacial score (nSPS) is 10.2. The van der Waals surface area contributed by atoms with Gasteiger partial charge >= 0.3 is 0 Å². The first-order chi connectivity index (χ1) is 8.08. The lowest BCUT2D eigenvalue weighted by Crippen LogP contribution is -2.13. The average molecular weight is 250 g/mol. The van der Waals surface area contributed by atoms with Crippen molar-refractivity contribution in [3.63, 3.8) is 0 Å². The van der Waals surface area contributed by atoms with E-state index in [1.807, 2.05) is 12.3 Å². The van der Waals surface area contributed by atoms with Crippen molar-refractivity contribution in [1.82, 2.24) is 0 Å². The SMILES string of the molecule is Cc1cscc1C(=O)Nc1ccc(F)cc1N. The zero-order valence-electron chi connectivity index (χ0n) is 9.16. The van der Waals surface area contributed by atoms with Gasteiger partial charge in [0.15, 0.2) is 0 Å². The molecule has 0 aliphatic carbocycles. The Bertz CT molecular complexity index is 565. The fourth-order valence-electron chi connectivity index (χ4n) is 1.43. The van der Waals surface area contributed by atoms with Gasteiger partial charge in [0.2, 0.25) is 0 Å². The summed E-state index contributed by atoms with van der Waals surface area (Å²) in [6.07, 6.45) is 0. The van der Waals surface area contributed by atoms with Crippen molar-refractivity contribution in [3.05, 3.63) is 45.9 Å². The molecule has 1 amide bonds. The predicted molar refractivity (Wildman–Crippen MR) is 67.8 cm³/mol. The lowest BCUT2D eigenvalue weighted by molar-refractivity contribution is 0.102.